The molecule has 2 aliphatic rings. The molecule has 1 aliphatic carbocycles. The third-order valence-corrected chi connectivity index (χ3v) is 5.41. The molecule has 0 bridgehead atoms. The summed E-state index contributed by atoms with van der Waals surface area (Å²) in [6.45, 7) is 0.542. The van der Waals surface area contributed by atoms with Crippen molar-refractivity contribution >= 4 is 5.91 Å². The lowest BCUT2D eigenvalue weighted by atomic mass is 9.68. The van der Waals surface area contributed by atoms with Gasteiger partial charge >= 0.3 is 0 Å². The van der Waals surface area contributed by atoms with Gasteiger partial charge in [0.25, 0.3) is 0 Å². The lowest BCUT2D eigenvalue weighted by Gasteiger charge is -2.36. The molecule has 0 unspecified atom stereocenters. The zero-order valence-corrected chi connectivity index (χ0v) is 14.6. The van der Waals surface area contributed by atoms with Gasteiger partial charge in [-0.05, 0) is 48.2 Å². The van der Waals surface area contributed by atoms with Crippen LogP contribution in [0.15, 0.2) is 42.5 Å². The molecule has 1 N–H and O–H groups in total. The zero-order valence-electron chi connectivity index (χ0n) is 14.6. The highest BCUT2D eigenvalue weighted by atomic mass is 19.1. The average Bonchev–Trinajstić information content (AvgIpc) is 3.14. The minimum absolute atomic E-state index is 0.000302. The number of hydrogen-bond acceptors (Lipinski definition) is 3. The quantitative estimate of drug-likeness (QED) is 0.899. The lowest BCUT2D eigenvalue weighted by molar-refractivity contribution is -0.128. The maximum absolute atomic E-state index is 13.4. The molecule has 4 rings (SSSR count). The normalized spacial score (nSPS) is 17.7. The minimum atomic E-state index is -0.563. The molecule has 0 aromatic heterocycles. The number of benzene rings is 2. The number of amides is 1. The molecule has 2 aromatic carbocycles. The fraction of sp³-hybridized carbons (Fsp3) is 0.381. The van der Waals surface area contributed by atoms with Crippen LogP contribution in [-0.4, -0.2) is 12.7 Å². The number of rotatable bonds is 4. The molecule has 2 aromatic rings. The molecule has 4 nitrogen and oxygen atoms in total. The van der Waals surface area contributed by atoms with E-state index in [1.807, 2.05) is 24.3 Å². The monoisotopic (exact) mass is 355 g/mol. The molecule has 0 saturated heterocycles. The van der Waals surface area contributed by atoms with Gasteiger partial charge in [-0.1, -0.05) is 37.5 Å². The molecule has 136 valence electrons. The first-order chi connectivity index (χ1) is 12.7. The molecule has 1 aliphatic heterocycles. The van der Waals surface area contributed by atoms with Gasteiger partial charge < -0.3 is 14.8 Å². The van der Waals surface area contributed by atoms with Gasteiger partial charge in [0.15, 0.2) is 11.5 Å². The lowest BCUT2D eigenvalue weighted by Crippen LogP contribution is -2.45. The molecule has 26 heavy (non-hydrogen) atoms. The Labute approximate surface area is 152 Å². The third-order valence-electron chi connectivity index (χ3n) is 5.41. The standard InChI is InChI=1S/C21H22FNO3/c22-17-6-4-5-15(11-17)13-23-20(24)21(9-2-1-3-10-21)16-7-8-18-19(12-16)26-14-25-18/h4-8,11-12H,1-3,9-10,13-14H2,(H,23,24). The van der Waals surface area contributed by atoms with E-state index in [4.69, 9.17) is 9.47 Å². The summed E-state index contributed by atoms with van der Waals surface area (Å²) in [5.41, 5.74) is 1.17. The van der Waals surface area contributed by atoms with E-state index in [0.29, 0.717) is 12.3 Å². The highest BCUT2D eigenvalue weighted by Crippen LogP contribution is 2.43. The Kier molecular flexibility index (Phi) is 4.53. The first-order valence-corrected chi connectivity index (χ1v) is 9.10. The van der Waals surface area contributed by atoms with Crippen LogP contribution >= 0.6 is 0 Å². The summed E-state index contributed by atoms with van der Waals surface area (Å²) in [7, 11) is 0. The summed E-state index contributed by atoms with van der Waals surface area (Å²) in [5, 5.41) is 3.03. The second-order valence-electron chi connectivity index (χ2n) is 7.02. The van der Waals surface area contributed by atoms with Gasteiger partial charge in [-0.3, -0.25) is 4.79 Å². The Hall–Kier alpha value is -2.56. The van der Waals surface area contributed by atoms with Crippen LogP contribution in [0.25, 0.3) is 0 Å². The van der Waals surface area contributed by atoms with E-state index in [1.165, 1.54) is 12.1 Å². The van der Waals surface area contributed by atoms with Crippen molar-refractivity contribution < 1.29 is 18.7 Å². The number of fused-ring (bicyclic) bond motifs is 1. The molecular formula is C21H22FNO3. The molecular weight excluding hydrogens is 333 g/mol. The van der Waals surface area contributed by atoms with Gasteiger partial charge in [0.2, 0.25) is 12.7 Å². The highest BCUT2D eigenvalue weighted by molar-refractivity contribution is 5.88. The van der Waals surface area contributed by atoms with E-state index >= 15 is 0 Å². The summed E-state index contributed by atoms with van der Waals surface area (Å²) in [6, 6.07) is 12.1. The van der Waals surface area contributed by atoms with Gasteiger partial charge in [0, 0.05) is 6.54 Å². The second kappa shape index (κ2) is 6.98. The number of hydrogen-bond donors (Lipinski definition) is 1. The Morgan fingerprint density at radius 2 is 1.85 bits per heavy atom. The van der Waals surface area contributed by atoms with E-state index in [0.717, 1.165) is 49.0 Å². The number of ether oxygens (including phenoxy) is 2. The molecule has 5 heteroatoms. The van der Waals surface area contributed by atoms with E-state index in [9.17, 15) is 9.18 Å². The smallest absolute Gasteiger partial charge is 0.231 e. The summed E-state index contributed by atoms with van der Waals surface area (Å²) in [4.78, 5) is 13.2. The van der Waals surface area contributed by atoms with Gasteiger partial charge in [0.05, 0.1) is 5.41 Å². The van der Waals surface area contributed by atoms with Crippen LogP contribution in [0.2, 0.25) is 0 Å². The van der Waals surface area contributed by atoms with Crippen molar-refractivity contribution in [3.63, 3.8) is 0 Å². The average molecular weight is 355 g/mol. The highest BCUT2D eigenvalue weighted by Gasteiger charge is 2.41. The van der Waals surface area contributed by atoms with Gasteiger partial charge in [-0.25, -0.2) is 4.39 Å². The summed E-state index contributed by atoms with van der Waals surface area (Å²) >= 11 is 0. The van der Waals surface area contributed by atoms with Crippen LogP contribution < -0.4 is 14.8 Å². The predicted octanol–water partition coefficient (Wildman–Crippen LogP) is 4.07. The Morgan fingerprint density at radius 1 is 1.04 bits per heavy atom. The fourth-order valence-electron chi connectivity index (χ4n) is 3.99. The molecule has 0 radical (unpaired) electrons. The SMILES string of the molecule is O=C(NCc1cccc(F)c1)C1(c2ccc3c(c2)OCO3)CCCCC1. The topological polar surface area (TPSA) is 47.6 Å². The molecule has 1 amide bonds. The third kappa shape index (κ3) is 3.14. The van der Waals surface area contributed by atoms with E-state index in [-0.39, 0.29) is 18.5 Å². The van der Waals surface area contributed by atoms with Crippen LogP contribution in [-0.2, 0) is 16.8 Å². The van der Waals surface area contributed by atoms with Crippen LogP contribution in [0, 0.1) is 5.82 Å². The van der Waals surface area contributed by atoms with Crippen molar-refractivity contribution in [2.45, 2.75) is 44.1 Å². The molecule has 1 saturated carbocycles. The number of nitrogens with one attached hydrogen (secondary N) is 1. The van der Waals surface area contributed by atoms with Crippen LogP contribution in [0.3, 0.4) is 0 Å². The fourth-order valence-corrected chi connectivity index (χ4v) is 3.99. The van der Waals surface area contributed by atoms with Crippen molar-refractivity contribution in [3.8, 4) is 11.5 Å². The Morgan fingerprint density at radius 3 is 2.65 bits per heavy atom. The molecule has 0 spiro atoms. The van der Waals surface area contributed by atoms with Gasteiger partial charge in [0.1, 0.15) is 5.82 Å². The van der Waals surface area contributed by atoms with Crippen LogP contribution in [0.1, 0.15) is 43.2 Å². The number of carbonyl (C=O) groups is 1. The maximum atomic E-state index is 13.4. The molecule has 1 heterocycles. The van der Waals surface area contributed by atoms with E-state index in [2.05, 4.69) is 5.32 Å². The van der Waals surface area contributed by atoms with Crippen LogP contribution in [0.5, 0.6) is 11.5 Å². The van der Waals surface area contributed by atoms with Crippen molar-refractivity contribution in [1.29, 1.82) is 0 Å². The van der Waals surface area contributed by atoms with Gasteiger partial charge in [-0.15, -0.1) is 0 Å². The van der Waals surface area contributed by atoms with Crippen molar-refractivity contribution in [2.24, 2.45) is 0 Å². The first kappa shape index (κ1) is 16.9. The summed E-state index contributed by atoms with van der Waals surface area (Å²) in [5.74, 6) is 1.13. The first-order valence-electron chi connectivity index (χ1n) is 9.10. The molecule has 0 atom stereocenters. The van der Waals surface area contributed by atoms with Crippen molar-refractivity contribution in [2.75, 3.05) is 6.79 Å². The predicted molar refractivity (Wildman–Crippen MR) is 95.6 cm³/mol. The van der Waals surface area contributed by atoms with Gasteiger partial charge in [-0.2, -0.15) is 0 Å². The Bertz CT molecular complexity index is 815. The number of halogens is 1. The molecule has 1 fully saturated rings. The summed E-state index contributed by atoms with van der Waals surface area (Å²) < 4.78 is 24.3. The second-order valence-corrected chi connectivity index (χ2v) is 7.02. The minimum Gasteiger partial charge on any atom is -0.454 e. The van der Waals surface area contributed by atoms with Crippen molar-refractivity contribution in [1.82, 2.24) is 5.32 Å². The van der Waals surface area contributed by atoms with E-state index in [1.54, 1.807) is 6.07 Å². The maximum Gasteiger partial charge on any atom is 0.231 e. The zero-order chi connectivity index (χ0) is 18.0. The van der Waals surface area contributed by atoms with E-state index < -0.39 is 5.41 Å². The Balaban J connectivity index is 1.58. The van der Waals surface area contributed by atoms with Crippen LogP contribution in [0.4, 0.5) is 4.39 Å². The summed E-state index contributed by atoms with van der Waals surface area (Å²) in [6.07, 6.45) is 4.79. The van der Waals surface area contributed by atoms with Crippen molar-refractivity contribution in [3.05, 3.63) is 59.4 Å². The number of carbonyl (C=O) groups excluding carboxylic acids is 1. The largest absolute Gasteiger partial charge is 0.454 e.